The minimum Gasteiger partial charge on any atom is -0.348 e. The van der Waals surface area contributed by atoms with Gasteiger partial charge in [-0.25, -0.2) is 4.98 Å². The van der Waals surface area contributed by atoms with Gasteiger partial charge in [0.25, 0.3) is 0 Å². The lowest BCUT2D eigenvalue weighted by Crippen LogP contribution is -2.13. The summed E-state index contributed by atoms with van der Waals surface area (Å²) in [7, 11) is 0. The molecule has 0 aliphatic rings. The first kappa shape index (κ1) is 12.9. The molecule has 4 heteroatoms. The van der Waals surface area contributed by atoms with E-state index in [1.54, 1.807) is 0 Å². The summed E-state index contributed by atoms with van der Waals surface area (Å²) in [6.45, 7) is 5.00. The molecule has 0 bridgehead atoms. The Morgan fingerprint density at radius 2 is 2.10 bits per heavy atom. The predicted octanol–water partition coefficient (Wildman–Crippen LogP) is 2.68. The van der Waals surface area contributed by atoms with Gasteiger partial charge in [-0.2, -0.15) is 0 Å². The van der Waals surface area contributed by atoms with Crippen molar-refractivity contribution in [3.63, 3.8) is 0 Å². The molecule has 0 unspecified atom stereocenters. The molecule has 0 radical (unpaired) electrons. The van der Waals surface area contributed by atoms with E-state index in [2.05, 4.69) is 50.8 Å². The molecule has 0 fully saturated rings. The molecule has 3 rings (SSSR count). The second kappa shape index (κ2) is 5.92. The highest BCUT2D eigenvalue weighted by molar-refractivity contribution is 5.39. The molecule has 0 spiro atoms. The molecule has 1 N–H and O–H groups in total. The maximum Gasteiger partial charge on any atom is 0.137 e. The Hall–Kier alpha value is -2.07. The molecule has 0 amide bonds. The molecule has 104 valence electrons. The highest BCUT2D eigenvalue weighted by Gasteiger charge is 2.02. The van der Waals surface area contributed by atoms with Gasteiger partial charge in [0, 0.05) is 31.3 Å². The Bertz CT molecular complexity index is 647. The number of fused-ring (bicyclic) bond motifs is 1. The fraction of sp³-hybridized carbons (Fsp3) is 0.312. The van der Waals surface area contributed by atoms with Crippen LogP contribution < -0.4 is 5.32 Å². The van der Waals surface area contributed by atoms with E-state index in [1.165, 1.54) is 12.0 Å². The van der Waals surface area contributed by atoms with E-state index in [0.29, 0.717) is 0 Å². The molecule has 3 aromatic rings. The van der Waals surface area contributed by atoms with Crippen LogP contribution in [0.15, 0.2) is 49.1 Å². The third-order valence-electron chi connectivity index (χ3n) is 3.33. The van der Waals surface area contributed by atoms with Crippen molar-refractivity contribution >= 4 is 5.65 Å². The quantitative estimate of drug-likeness (QED) is 0.697. The topological polar surface area (TPSA) is 34.3 Å². The molecule has 0 aliphatic carbocycles. The minimum absolute atomic E-state index is 0.815. The number of hydrogen-bond donors (Lipinski definition) is 1. The lowest BCUT2D eigenvalue weighted by atomic mass is 10.3. The van der Waals surface area contributed by atoms with Crippen LogP contribution in [-0.2, 0) is 13.1 Å². The summed E-state index contributed by atoms with van der Waals surface area (Å²) in [5, 5.41) is 3.42. The van der Waals surface area contributed by atoms with Crippen LogP contribution in [-0.4, -0.2) is 20.5 Å². The summed E-state index contributed by atoms with van der Waals surface area (Å²) in [4.78, 5) is 4.62. The molecule has 3 heterocycles. The zero-order chi connectivity index (χ0) is 13.8. The Labute approximate surface area is 119 Å². The smallest absolute Gasteiger partial charge is 0.137 e. The summed E-state index contributed by atoms with van der Waals surface area (Å²) < 4.78 is 4.24. The van der Waals surface area contributed by atoms with E-state index < -0.39 is 0 Å². The summed E-state index contributed by atoms with van der Waals surface area (Å²) >= 11 is 0. The second-order valence-corrected chi connectivity index (χ2v) is 5.07. The zero-order valence-electron chi connectivity index (χ0n) is 11.8. The van der Waals surface area contributed by atoms with Gasteiger partial charge in [-0.15, -0.1) is 0 Å². The van der Waals surface area contributed by atoms with Gasteiger partial charge in [0.15, 0.2) is 0 Å². The Morgan fingerprint density at radius 1 is 1.15 bits per heavy atom. The minimum atomic E-state index is 0.815. The molecule has 3 aromatic heterocycles. The van der Waals surface area contributed by atoms with Gasteiger partial charge < -0.3 is 14.3 Å². The number of aromatic nitrogens is 3. The molecule has 0 aromatic carbocycles. The number of imidazole rings is 1. The van der Waals surface area contributed by atoms with Crippen LogP contribution in [0.3, 0.4) is 0 Å². The van der Waals surface area contributed by atoms with Gasteiger partial charge in [0.05, 0.1) is 12.2 Å². The van der Waals surface area contributed by atoms with E-state index >= 15 is 0 Å². The van der Waals surface area contributed by atoms with E-state index in [1.807, 2.05) is 24.4 Å². The summed E-state index contributed by atoms with van der Waals surface area (Å²) in [5.41, 5.74) is 3.40. The molecular formula is C16H20N4. The maximum absolute atomic E-state index is 4.62. The summed E-state index contributed by atoms with van der Waals surface area (Å²) in [5.74, 6) is 0. The first-order valence-corrected chi connectivity index (χ1v) is 7.13. The molecule has 4 nitrogen and oxygen atoms in total. The Kier molecular flexibility index (Phi) is 3.83. The molecular weight excluding hydrogens is 248 g/mol. The number of rotatable bonds is 6. The standard InChI is InChI=1S/C16H20N4/c1-2-7-17-10-14-6-9-19(11-14)12-15-13-20-8-4-3-5-16(20)18-15/h3-6,8-9,11,13,17H,2,7,10,12H2,1H3. The van der Waals surface area contributed by atoms with Gasteiger partial charge >= 0.3 is 0 Å². The highest BCUT2D eigenvalue weighted by Crippen LogP contribution is 2.08. The summed E-state index contributed by atoms with van der Waals surface area (Å²) in [6, 6.07) is 8.22. The number of pyridine rings is 1. The average Bonchev–Trinajstić information content (AvgIpc) is 3.05. The van der Waals surface area contributed by atoms with Crippen molar-refractivity contribution < 1.29 is 0 Å². The number of hydrogen-bond acceptors (Lipinski definition) is 2. The third-order valence-corrected chi connectivity index (χ3v) is 3.33. The first-order valence-electron chi connectivity index (χ1n) is 7.13. The zero-order valence-corrected chi connectivity index (χ0v) is 11.8. The van der Waals surface area contributed by atoms with Crippen LogP contribution in [0, 0.1) is 0 Å². The van der Waals surface area contributed by atoms with Gasteiger partial charge in [-0.3, -0.25) is 0 Å². The maximum atomic E-state index is 4.62. The third kappa shape index (κ3) is 2.91. The van der Waals surface area contributed by atoms with Gasteiger partial charge in [-0.05, 0) is 36.7 Å². The lowest BCUT2D eigenvalue weighted by Gasteiger charge is -2.00. The fourth-order valence-corrected chi connectivity index (χ4v) is 2.35. The largest absolute Gasteiger partial charge is 0.348 e. The van der Waals surface area contributed by atoms with E-state index in [-0.39, 0.29) is 0 Å². The van der Waals surface area contributed by atoms with Crippen LogP contribution in [0.25, 0.3) is 5.65 Å². The van der Waals surface area contributed by atoms with E-state index in [0.717, 1.165) is 31.0 Å². The van der Waals surface area contributed by atoms with Crippen LogP contribution in [0.1, 0.15) is 24.6 Å². The average molecular weight is 268 g/mol. The van der Waals surface area contributed by atoms with Crippen molar-refractivity contribution in [2.24, 2.45) is 0 Å². The van der Waals surface area contributed by atoms with Crippen molar-refractivity contribution in [2.45, 2.75) is 26.4 Å². The highest BCUT2D eigenvalue weighted by atomic mass is 15.0. The molecule has 0 atom stereocenters. The van der Waals surface area contributed by atoms with Crippen LogP contribution >= 0.6 is 0 Å². The SMILES string of the molecule is CCCNCc1ccn(Cc2cn3ccccc3n2)c1. The van der Waals surface area contributed by atoms with Gasteiger partial charge in [0.2, 0.25) is 0 Å². The molecule has 0 saturated carbocycles. The Morgan fingerprint density at radius 3 is 2.95 bits per heavy atom. The van der Waals surface area contributed by atoms with Crippen molar-refractivity contribution in [3.05, 3.63) is 60.3 Å². The van der Waals surface area contributed by atoms with E-state index in [9.17, 15) is 0 Å². The summed E-state index contributed by atoms with van der Waals surface area (Å²) in [6.07, 6.45) is 9.59. The van der Waals surface area contributed by atoms with Gasteiger partial charge in [0.1, 0.15) is 5.65 Å². The van der Waals surface area contributed by atoms with Crippen molar-refractivity contribution in [3.8, 4) is 0 Å². The van der Waals surface area contributed by atoms with Crippen molar-refractivity contribution in [2.75, 3.05) is 6.54 Å². The fourth-order valence-electron chi connectivity index (χ4n) is 2.35. The van der Waals surface area contributed by atoms with Gasteiger partial charge in [-0.1, -0.05) is 13.0 Å². The molecule has 0 aliphatic heterocycles. The van der Waals surface area contributed by atoms with Crippen molar-refractivity contribution in [1.82, 2.24) is 19.3 Å². The monoisotopic (exact) mass is 268 g/mol. The van der Waals surface area contributed by atoms with Crippen LogP contribution in [0.5, 0.6) is 0 Å². The molecule has 20 heavy (non-hydrogen) atoms. The van der Waals surface area contributed by atoms with E-state index in [4.69, 9.17) is 0 Å². The first-order chi connectivity index (χ1) is 9.85. The van der Waals surface area contributed by atoms with Crippen molar-refractivity contribution in [1.29, 1.82) is 0 Å². The number of nitrogens with one attached hydrogen (secondary N) is 1. The van der Waals surface area contributed by atoms with Crippen LogP contribution in [0.4, 0.5) is 0 Å². The molecule has 0 saturated heterocycles. The second-order valence-electron chi connectivity index (χ2n) is 5.07. The van der Waals surface area contributed by atoms with Crippen LogP contribution in [0.2, 0.25) is 0 Å². The number of nitrogens with zero attached hydrogens (tertiary/aromatic N) is 3. The lowest BCUT2D eigenvalue weighted by molar-refractivity contribution is 0.673. The Balaban J connectivity index is 1.68. The normalized spacial score (nSPS) is 11.2. The predicted molar refractivity (Wildman–Crippen MR) is 80.7 cm³/mol.